The molecule has 0 unspecified atom stereocenters. The summed E-state index contributed by atoms with van der Waals surface area (Å²) in [4.78, 5) is 27.0. The molecular weight excluding hydrogens is 512 g/mol. The predicted octanol–water partition coefficient (Wildman–Crippen LogP) is 8.75. The lowest BCUT2D eigenvalue weighted by Gasteiger charge is -2.25. The molecule has 6 heteroatoms. The van der Waals surface area contributed by atoms with E-state index >= 15 is 0 Å². The molecule has 0 aromatic carbocycles. The molecule has 0 saturated carbocycles. The molecule has 0 aliphatic carbocycles. The third-order valence-corrected chi connectivity index (χ3v) is 8.43. The molecule has 0 aromatic rings. The van der Waals surface area contributed by atoms with Gasteiger partial charge >= 0.3 is 11.9 Å². The molecule has 1 saturated heterocycles. The standard InChI is InChI=1S/C35H68N2O4/c1-3-5-7-9-11-13-15-17-19-21-30-40-34(38)25-28-37(32-33-24-23-27-36-33)29-26-35(39)41-31-22-20-18-16-14-12-10-8-6-4-2/h33,36H,3-32H2,1-2H3/t33-/m0/s1. The quantitative estimate of drug-likeness (QED) is 0.0677. The van der Waals surface area contributed by atoms with Crippen LogP contribution in [0.1, 0.15) is 168 Å². The molecule has 0 spiro atoms. The van der Waals surface area contributed by atoms with E-state index in [1.54, 1.807) is 0 Å². The summed E-state index contributed by atoms with van der Waals surface area (Å²) in [5.41, 5.74) is 0. The second-order valence-electron chi connectivity index (χ2n) is 12.4. The van der Waals surface area contributed by atoms with Crippen LogP contribution >= 0.6 is 0 Å². The van der Waals surface area contributed by atoms with Crippen molar-refractivity contribution in [3.63, 3.8) is 0 Å². The van der Waals surface area contributed by atoms with Crippen molar-refractivity contribution in [2.75, 3.05) is 39.4 Å². The number of rotatable bonds is 30. The van der Waals surface area contributed by atoms with Gasteiger partial charge in [0, 0.05) is 25.7 Å². The average Bonchev–Trinajstić information content (AvgIpc) is 3.49. The van der Waals surface area contributed by atoms with Gasteiger partial charge in [-0.1, -0.05) is 129 Å². The van der Waals surface area contributed by atoms with Crippen LogP contribution in [0.5, 0.6) is 0 Å². The maximum absolute atomic E-state index is 12.4. The fourth-order valence-electron chi connectivity index (χ4n) is 5.71. The number of hydrogen-bond acceptors (Lipinski definition) is 6. The zero-order valence-corrected chi connectivity index (χ0v) is 27.4. The molecule has 0 aromatic heterocycles. The van der Waals surface area contributed by atoms with Crippen LogP contribution in [0, 0.1) is 0 Å². The van der Waals surface area contributed by atoms with Crippen molar-refractivity contribution in [1.82, 2.24) is 10.2 Å². The first-order valence-corrected chi connectivity index (χ1v) is 17.9. The van der Waals surface area contributed by atoms with E-state index in [0.29, 0.717) is 45.2 Å². The lowest BCUT2D eigenvalue weighted by atomic mass is 10.1. The van der Waals surface area contributed by atoms with Crippen LogP contribution in [0.4, 0.5) is 0 Å². The molecule has 1 N–H and O–H groups in total. The maximum atomic E-state index is 12.4. The molecular formula is C35H68N2O4. The summed E-state index contributed by atoms with van der Waals surface area (Å²) in [6.07, 6.45) is 28.7. The largest absolute Gasteiger partial charge is 0.466 e. The third kappa shape index (κ3) is 25.1. The first kappa shape index (κ1) is 37.9. The number of hydrogen-bond donors (Lipinski definition) is 1. The van der Waals surface area contributed by atoms with Crippen molar-refractivity contribution in [1.29, 1.82) is 0 Å². The molecule has 0 bridgehead atoms. The molecule has 0 amide bonds. The minimum absolute atomic E-state index is 0.117. The molecule has 0 radical (unpaired) electrons. The van der Waals surface area contributed by atoms with E-state index in [4.69, 9.17) is 9.47 Å². The molecule has 6 nitrogen and oxygen atoms in total. The zero-order valence-electron chi connectivity index (χ0n) is 27.4. The Hall–Kier alpha value is -1.14. The molecule has 1 atom stereocenters. The van der Waals surface area contributed by atoms with Gasteiger partial charge in [-0.15, -0.1) is 0 Å². The fraction of sp³-hybridized carbons (Fsp3) is 0.943. The van der Waals surface area contributed by atoms with Gasteiger partial charge < -0.3 is 19.7 Å². The predicted molar refractivity (Wildman–Crippen MR) is 172 cm³/mol. The molecule has 1 fully saturated rings. The van der Waals surface area contributed by atoms with Gasteiger partial charge in [0.1, 0.15) is 0 Å². The van der Waals surface area contributed by atoms with E-state index in [0.717, 1.165) is 45.2 Å². The number of esters is 2. The Balaban J connectivity index is 2.09. The molecule has 1 aliphatic heterocycles. The van der Waals surface area contributed by atoms with E-state index in [1.165, 1.54) is 109 Å². The van der Waals surface area contributed by atoms with Gasteiger partial charge in [0.15, 0.2) is 0 Å². The minimum Gasteiger partial charge on any atom is -0.466 e. The van der Waals surface area contributed by atoms with Crippen molar-refractivity contribution in [2.45, 2.75) is 174 Å². The number of nitrogens with zero attached hydrogens (tertiary/aromatic N) is 1. The van der Waals surface area contributed by atoms with Crippen molar-refractivity contribution in [3.05, 3.63) is 0 Å². The highest BCUT2D eigenvalue weighted by molar-refractivity contribution is 5.70. The van der Waals surface area contributed by atoms with Crippen LogP contribution in [0.3, 0.4) is 0 Å². The Morgan fingerprint density at radius 1 is 0.610 bits per heavy atom. The Morgan fingerprint density at radius 2 is 1.00 bits per heavy atom. The number of nitrogens with one attached hydrogen (secondary N) is 1. The zero-order chi connectivity index (χ0) is 29.6. The van der Waals surface area contributed by atoms with Crippen LogP contribution in [0.15, 0.2) is 0 Å². The smallest absolute Gasteiger partial charge is 0.307 e. The highest BCUT2D eigenvalue weighted by Crippen LogP contribution is 2.13. The highest BCUT2D eigenvalue weighted by Gasteiger charge is 2.19. The normalized spacial score (nSPS) is 15.0. The fourth-order valence-corrected chi connectivity index (χ4v) is 5.71. The van der Waals surface area contributed by atoms with Crippen molar-refractivity contribution in [2.24, 2.45) is 0 Å². The van der Waals surface area contributed by atoms with Crippen LogP contribution < -0.4 is 5.32 Å². The molecule has 1 heterocycles. The Labute approximate surface area is 254 Å². The van der Waals surface area contributed by atoms with Crippen LogP contribution in [0.2, 0.25) is 0 Å². The Kier molecular flexibility index (Phi) is 26.8. The van der Waals surface area contributed by atoms with Gasteiger partial charge in [-0.2, -0.15) is 0 Å². The van der Waals surface area contributed by atoms with E-state index in [9.17, 15) is 9.59 Å². The van der Waals surface area contributed by atoms with Gasteiger partial charge in [0.25, 0.3) is 0 Å². The molecule has 1 rings (SSSR count). The van der Waals surface area contributed by atoms with Gasteiger partial charge in [-0.25, -0.2) is 0 Å². The Morgan fingerprint density at radius 3 is 1.37 bits per heavy atom. The van der Waals surface area contributed by atoms with Gasteiger partial charge in [-0.3, -0.25) is 9.59 Å². The third-order valence-electron chi connectivity index (χ3n) is 8.43. The minimum atomic E-state index is -0.117. The van der Waals surface area contributed by atoms with Crippen LogP contribution in [-0.4, -0.2) is 62.3 Å². The van der Waals surface area contributed by atoms with Crippen LogP contribution in [0.25, 0.3) is 0 Å². The number of ether oxygens (including phenoxy) is 2. The summed E-state index contributed by atoms with van der Waals surface area (Å²) in [7, 11) is 0. The first-order chi connectivity index (χ1) is 20.2. The first-order valence-electron chi connectivity index (χ1n) is 17.9. The number of carbonyl (C=O) groups excluding carboxylic acids is 2. The molecule has 41 heavy (non-hydrogen) atoms. The van der Waals surface area contributed by atoms with E-state index in [1.807, 2.05) is 0 Å². The summed E-state index contributed by atoms with van der Waals surface area (Å²) < 4.78 is 11.0. The number of unbranched alkanes of at least 4 members (excludes halogenated alkanes) is 18. The van der Waals surface area contributed by atoms with Crippen molar-refractivity contribution in [3.8, 4) is 0 Å². The van der Waals surface area contributed by atoms with Crippen molar-refractivity contribution >= 4 is 11.9 Å². The summed E-state index contributed by atoms with van der Waals surface area (Å²) in [5, 5.41) is 3.54. The molecule has 1 aliphatic rings. The SMILES string of the molecule is CCCCCCCCCCCCOC(=O)CCN(CCC(=O)OCCCCCCCCCCCC)C[C@@H]1CCCN1. The van der Waals surface area contributed by atoms with E-state index in [-0.39, 0.29) is 11.9 Å². The average molecular weight is 581 g/mol. The monoisotopic (exact) mass is 581 g/mol. The topological polar surface area (TPSA) is 67.9 Å². The van der Waals surface area contributed by atoms with Crippen LogP contribution in [-0.2, 0) is 19.1 Å². The van der Waals surface area contributed by atoms with E-state index in [2.05, 4.69) is 24.1 Å². The van der Waals surface area contributed by atoms with E-state index < -0.39 is 0 Å². The van der Waals surface area contributed by atoms with Gasteiger partial charge in [-0.05, 0) is 32.2 Å². The van der Waals surface area contributed by atoms with Gasteiger partial charge in [0.2, 0.25) is 0 Å². The lowest BCUT2D eigenvalue weighted by molar-refractivity contribution is -0.144. The highest BCUT2D eigenvalue weighted by atomic mass is 16.5. The van der Waals surface area contributed by atoms with Crippen molar-refractivity contribution < 1.29 is 19.1 Å². The van der Waals surface area contributed by atoms with Gasteiger partial charge in [0.05, 0.1) is 26.1 Å². The maximum Gasteiger partial charge on any atom is 0.307 e. The summed E-state index contributed by atoms with van der Waals surface area (Å²) >= 11 is 0. The number of carbonyl (C=O) groups is 2. The second kappa shape index (κ2) is 29.0. The summed E-state index contributed by atoms with van der Waals surface area (Å²) in [6.45, 7) is 8.79. The molecule has 242 valence electrons. The second-order valence-corrected chi connectivity index (χ2v) is 12.4. The summed E-state index contributed by atoms with van der Waals surface area (Å²) in [5.74, 6) is -0.234. The summed E-state index contributed by atoms with van der Waals surface area (Å²) in [6, 6.07) is 0.445. The lowest BCUT2D eigenvalue weighted by Crippen LogP contribution is -2.39. The Bertz CT molecular complexity index is 553.